The molecule has 7 heteroatoms. The van der Waals surface area contributed by atoms with E-state index < -0.39 is 11.9 Å². The lowest BCUT2D eigenvalue weighted by atomic mass is 9.85. The molecule has 0 spiro atoms. The number of rotatable bonds is 7. The molecule has 33 heavy (non-hydrogen) atoms. The number of benzene rings is 2. The highest BCUT2D eigenvalue weighted by Gasteiger charge is 2.61. The summed E-state index contributed by atoms with van der Waals surface area (Å²) >= 11 is 0. The Kier molecular flexibility index (Phi) is 5.40. The van der Waals surface area contributed by atoms with Gasteiger partial charge in [0.25, 0.3) is 0 Å². The molecule has 5 rings (SSSR count). The monoisotopic (exact) mass is 446 g/mol. The highest BCUT2D eigenvalue weighted by molar-refractivity contribution is 6.11. The summed E-state index contributed by atoms with van der Waals surface area (Å²) in [5.41, 5.74) is 1.29. The molecule has 2 aromatic rings. The predicted molar refractivity (Wildman–Crippen MR) is 122 cm³/mol. The van der Waals surface area contributed by atoms with Crippen molar-refractivity contribution in [2.24, 2.45) is 23.7 Å². The Morgan fingerprint density at radius 1 is 1.00 bits per heavy atom. The predicted octanol–water partition coefficient (Wildman–Crippen LogP) is 3.06. The van der Waals surface area contributed by atoms with E-state index in [9.17, 15) is 14.4 Å². The van der Waals surface area contributed by atoms with E-state index >= 15 is 0 Å². The van der Waals surface area contributed by atoms with Gasteiger partial charge >= 0.3 is 0 Å². The number of anilines is 1. The first-order valence-electron chi connectivity index (χ1n) is 11.1. The molecule has 1 heterocycles. The lowest BCUT2D eigenvalue weighted by Gasteiger charge is -2.27. The molecule has 0 aromatic heterocycles. The van der Waals surface area contributed by atoms with Crippen molar-refractivity contribution in [2.45, 2.75) is 18.9 Å². The fraction of sp³-hybridized carbons (Fsp3) is 0.346. The Balaban J connectivity index is 1.47. The van der Waals surface area contributed by atoms with Gasteiger partial charge in [-0.15, -0.1) is 0 Å². The smallest absolute Gasteiger partial charge is 0.248 e. The van der Waals surface area contributed by atoms with Crippen LogP contribution in [-0.4, -0.2) is 42.9 Å². The van der Waals surface area contributed by atoms with Crippen LogP contribution in [-0.2, 0) is 20.8 Å². The van der Waals surface area contributed by atoms with Crippen LogP contribution in [0, 0.1) is 23.7 Å². The van der Waals surface area contributed by atoms with Crippen molar-refractivity contribution >= 4 is 23.4 Å². The van der Waals surface area contributed by atoms with Crippen molar-refractivity contribution < 1.29 is 23.9 Å². The van der Waals surface area contributed by atoms with Gasteiger partial charge in [-0.05, 0) is 36.0 Å². The Morgan fingerprint density at radius 3 is 2.27 bits per heavy atom. The Hall–Kier alpha value is -3.61. The third kappa shape index (κ3) is 3.57. The molecule has 2 aliphatic carbocycles. The first-order chi connectivity index (χ1) is 16.0. The summed E-state index contributed by atoms with van der Waals surface area (Å²) in [6.07, 6.45) is 5.18. The SMILES string of the molecule is COc1ccc(OC)c(NC(=O)[C@@H](Cc2ccccc2)N2C(=O)[C@@H]3[C@H](C2=O)[C@H]2C=C[C@@H]3C2)c1. The van der Waals surface area contributed by atoms with E-state index in [4.69, 9.17) is 9.47 Å². The minimum atomic E-state index is -0.965. The van der Waals surface area contributed by atoms with Crippen molar-refractivity contribution in [3.63, 3.8) is 0 Å². The summed E-state index contributed by atoms with van der Waals surface area (Å²) in [5.74, 6) is -0.453. The number of nitrogens with zero attached hydrogens (tertiary/aromatic N) is 1. The highest BCUT2D eigenvalue weighted by atomic mass is 16.5. The number of allylic oxidation sites excluding steroid dienone is 2. The van der Waals surface area contributed by atoms with E-state index in [0.717, 1.165) is 12.0 Å². The standard InChI is InChI=1S/C26H26N2O5/c1-32-18-10-11-21(33-2)19(14-18)27-24(29)20(12-15-6-4-3-5-7-15)28-25(30)22-16-8-9-17(13-16)23(22)26(28)31/h3-11,14,16-17,20,22-23H,12-13H2,1-2H3,(H,27,29)/t16-,17+,20-,22+,23-/m1/s1. The van der Waals surface area contributed by atoms with Gasteiger partial charge in [-0.1, -0.05) is 42.5 Å². The molecule has 1 saturated carbocycles. The van der Waals surface area contributed by atoms with Crippen molar-refractivity contribution in [1.82, 2.24) is 4.90 Å². The number of hydrogen-bond donors (Lipinski definition) is 1. The van der Waals surface area contributed by atoms with Crippen LogP contribution in [0.5, 0.6) is 11.5 Å². The van der Waals surface area contributed by atoms with Gasteiger partial charge in [-0.3, -0.25) is 19.3 Å². The number of methoxy groups -OCH3 is 2. The number of carbonyl (C=O) groups excluding carboxylic acids is 3. The average molecular weight is 447 g/mol. The van der Waals surface area contributed by atoms with Gasteiger partial charge < -0.3 is 14.8 Å². The zero-order chi connectivity index (χ0) is 23.1. The minimum absolute atomic E-state index is 0.0837. The fourth-order valence-electron chi connectivity index (χ4n) is 5.50. The molecule has 0 radical (unpaired) electrons. The number of hydrogen-bond acceptors (Lipinski definition) is 5. The van der Waals surface area contributed by atoms with Crippen LogP contribution in [0.25, 0.3) is 0 Å². The Bertz CT molecular complexity index is 1100. The van der Waals surface area contributed by atoms with Crippen LogP contribution in [0.4, 0.5) is 5.69 Å². The van der Waals surface area contributed by atoms with Crippen molar-refractivity contribution in [2.75, 3.05) is 19.5 Å². The van der Waals surface area contributed by atoms with Gasteiger partial charge in [0.05, 0.1) is 31.7 Å². The van der Waals surface area contributed by atoms with Gasteiger partial charge in [0.15, 0.2) is 0 Å². The summed E-state index contributed by atoms with van der Waals surface area (Å²) in [6, 6.07) is 13.5. The fourth-order valence-corrected chi connectivity index (χ4v) is 5.50. The maximum absolute atomic E-state index is 13.6. The Morgan fingerprint density at radius 2 is 1.67 bits per heavy atom. The zero-order valence-electron chi connectivity index (χ0n) is 18.6. The summed E-state index contributed by atoms with van der Waals surface area (Å²) in [7, 11) is 3.05. The third-order valence-corrected chi connectivity index (χ3v) is 7.06. The van der Waals surface area contributed by atoms with Crippen LogP contribution in [0.3, 0.4) is 0 Å². The van der Waals surface area contributed by atoms with Crippen LogP contribution in [0.2, 0.25) is 0 Å². The number of imide groups is 1. The second-order valence-electron chi connectivity index (χ2n) is 8.81. The zero-order valence-corrected chi connectivity index (χ0v) is 18.6. The van der Waals surface area contributed by atoms with E-state index in [0.29, 0.717) is 17.2 Å². The molecule has 2 fully saturated rings. The number of fused-ring (bicyclic) bond motifs is 5. The molecule has 7 nitrogen and oxygen atoms in total. The normalized spacial score (nSPS) is 25.8. The highest BCUT2D eigenvalue weighted by Crippen LogP contribution is 2.53. The maximum atomic E-state index is 13.6. The number of ether oxygens (including phenoxy) is 2. The quantitative estimate of drug-likeness (QED) is 0.522. The van der Waals surface area contributed by atoms with Crippen molar-refractivity contribution in [1.29, 1.82) is 0 Å². The number of likely N-dealkylation sites (tertiary alicyclic amines) is 1. The van der Waals surface area contributed by atoms with Crippen molar-refractivity contribution in [3.05, 3.63) is 66.2 Å². The molecular formula is C26H26N2O5. The summed E-state index contributed by atoms with van der Waals surface area (Å²) < 4.78 is 10.7. The topological polar surface area (TPSA) is 84.9 Å². The number of nitrogens with one attached hydrogen (secondary N) is 1. The average Bonchev–Trinajstić information content (AvgIpc) is 3.52. The largest absolute Gasteiger partial charge is 0.497 e. The van der Waals surface area contributed by atoms with Crippen molar-refractivity contribution in [3.8, 4) is 11.5 Å². The summed E-state index contributed by atoms with van der Waals surface area (Å²) in [6.45, 7) is 0. The molecule has 5 atom stereocenters. The maximum Gasteiger partial charge on any atom is 0.248 e. The summed E-state index contributed by atoms with van der Waals surface area (Å²) in [5, 5.41) is 2.87. The molecule has 170 valence electrons. The van der Waals surface area contributed by atoms with E-state index in [1.807, 2.05) is 42.5 Å². The lowest BCUT2D eigenvalue weighted by Crippen LogP contribution is -2.49. The number of amides is 3. The molecule has 1 N–H and O–H groups in total. The molecule has 3 amide bonds. The first-order valence-corrected chi connectivity index (χ1v) is 11.1. The van der Waals surface area contributed by atoms with E-state index in [1.165, 1.54) is 19.1 Å². The molecule has 2 aromatic carbocycles. The van der Waals surface area contributed by atoms with Gasteiger partial charge in [0.2, 0.25) is 17.7 Å². The molecule has 1 aliphatic heterocycles. The van der Waals surface area contributed by atoms with Crippen LogP contribution in [0.15, 0.2) is 60.7 Å². The minimum Gasteiger partial charge on any atom is -0.497 e. The van der Waals surface area contributed by atoms with E-state index in [1.54, 1.807) is 18.2 Å². The lowest BCUT2D eigenvalue weighted by molar-refractivity contribution is -0.147. The first kappa shape index (κ1) is 21.2. The second kappa shape index (κ2) is 8.39. The summed E-state index contributed by atoms with van der Waals surface area (Å²) in [4.78, 5) is 41.7. The molecule has 3 aliphatic rings. The van der Waals surface area contributed by atoms with Crippen LogP contribution < -0.4 is 14.8 Å². The molecule has 0 unspecified atom stereocenters. The van der Waals surface area contributed by atoms with Crippen LogP contribution >= 0.6 is 0 Å². The molecule has 2 bridgehead atoms. The van der Waals surface area contributed by atoms with Gasteiger partial charge in [0.1, 0.15) is 17.5 Å². The second-order valence-corrected chi connectivity index (χ2v) is 8.81. The van der Waals surface area contributed by atoms with E-state index in [-0.39, 0.29) is 41.9 Å². The molecule has 1 saturated heterocycles. The third-order valence-electron chi connectivity index (χ3n) is 7.06. The van der Waals surface area contributed by atoms with Gasteiger partial charge in [-0.2, -0.15) is 0 Å². The number of carbonyl (C=O) groups is 3. The van der Waals surface area contributed by atoms with Gasteiger partial charge in [0, 0.05) is 12.5 Å². The van der Waals surface area contributed by atoms with E-state index in [2.05, 4.69) is 5.32 Å². The van der Waals surface area contributed by atoms with Crippen LogP contribution in [0.1, 0.15) is 12.0 Å². The molecular weight excluding hydrogens is 420 g/mol. The Labute approximate surface area is 192 Å². The van der Waals surface area contributed by atoms with Gasteiger partial charge in [-0.25, -0.2) is 0 Å².